The molecule has 2 aromatic rings. The smallest absolute Gasteiger partial charge is 0.246 e. The van der Waals surface area contributed by atoms with Crippen molar-refractivity contribution in [3.05, 3.63) is 17.8 Å². The topological polar surface area (TPSA) is 121 Å². The molecule has 0 aliphatic heterocycles. The minimum atomic E-state index is -3.74. The number of aryl methyl sites for hydroxylation is 2. The van der Waals surface area contributed by atoms with E-state index in [1.807, 2.05) is 6.92 Å². The van der Waals surface area contributed by atoms with Crippen LogP contribution < -0.4 is 10.5 Å². The molecular formula is C10H17N7O2S. The number of nitrogens with zero attached hydrogens (tertiary/aromatic N) is 5. The average molecular weight is 299 g/mol. The second kappa shape index (κ2) is 5.21. The summed E-state index contributed by atoms with van der Waals surface area (Å²) in [6, 6.07) is 0. The number of sulfonamides is 1. The van der Waals surface area contributed by atoms with E-state index in [-0.39, 0.29) is 17.3 Å². The number of hydrogen-bond donors (Lipinski definition) is 2. The Morgan fingerprint density at radius 2 is 2.15 bits per heavy atom. The van der Waals surface area contributed by atoms with E-state index in [1.165, 1.54) is 4.68 Å². The van der Waals surface area contributed by atoms with Gasteiger partial charge in [-0.15, -0.1) is 10.2 Å². The van der Waals surface area contributed by atoms with Crippen molar-refractivity contribution in [2.75, 3.05) is 5.73 Å². The Kier molecular flexibility index (Phi) is 3.77. The highest BCUT2D eigenvalue weighted by Crippen LogP contribution is 2.20. The number of aromatic nitrogens is 5. The van der Waals surface area contributed by atoms with Crippen molar-refractivity contribution in [1.29, 1.82) is 0 Å². The molecule has 0 bridgehead atoms. The van der Waals surface area contributed by atoms with E-state index in [4.69, 9.17) is 5.73 Å². The minimum Gasteiger partial charge on any atom is -0.381 e. The van der Waals surface area contributed by atoms with Crippen LogP contribution in [-0.4, -0.2) is 33.0 Å². The zero-order chi connectivity index (χ0) is 14.9. The highest BCUT2D eigenvalue weighted by molar-refractivity contribution is 7.89. The molecule has 0 aromatic carbocycles. The number of nitrogens with one attached hydrogen (secondary N) is 1. The summed E-state index contributed by atoms with van der Waals surface area (Å²) in [6.45, 7) is 4.28. The van der Waals surface area contributed by atoms with Crippen LogP contribution in [0.1, 0.15) is 18.4 Å². The Bertz CT molecular complexity index is 716. The van der Waals surface area contributed by atoms with Gasteiger partial charge in [-0.25, -0.2) is 13.1 Å². The van der Waals surface area contributed by atoms with Crippen LogP contribution in [0.4, 0.5) is 5.82 Å². The quantitative estimate of drug-likeness (QED) is 0.760. The van der Waals surface area contributed by atoms with E-state index < -0.39 is 10.0 Å². The van der Waals surface area contributed by atoms with Crippen molar-refractivity contribution in [3.8, 4) is 0 Å². The van der Waals surface area contributed by atoms with Crippen LogP contribution >= 0.6 is 0 Å². The lowest BCUT2D eigenvalue weighted by Crippen LogP contribution is -2.26. The Hall–Kier alpha value is -1.94. The fraction of sp³-hybridized carbons (Fsp3) is 0.500. The molecule has 2 aromatic heterocycles. The van der Waals surface area contributed by atoms with E-state index >= 15 is 0 Å². The predicted octanol–water partition coefficient (Wildman–Crippen LogP) is -0.599. The number of nitrogens with two attached hydrogens (primary N) is 1. The Balaban J connectivity index is 2.24. The SMILES string of the molecule is CCn1cnnc1CNS(=O)(=O)c1c(N)nn(C)c1C. The zero-order valence-corrected chi connectivity index (χ0v) is 12.3. The van der Waals surface area contributed by atoms with Gasteiger partial charge < -0.3 is 10.3 Å². The van der Waals surface area contributed by atoms with Crippen molar-refractivity contribution in [3.63, 3.8) is 0 Å². The van der Waals surface area contributed by atoms with Crippen molar-refractivity contribution in [2.45, 2.75) is 31.8 Å². The van der Waals surface area contributed by atoms with E-state index in [9.17, 15) is 8.42 Å². The summed E-state index contributed by atoms with van der Waals surface area (Å²) in [5.41, 5.74) is 6.13. The van der Waals surface area contributed by atoms with Gasteiger partial charge in [0, 0.05) is 13.6 Å². The minimum absolute atomic E-state index is 0.00237. The molecule has 20 heavy (non-hydrogen) atoms. The molecule has 110 valence electrons. The molecule has 2 heterocycles. The zero-order valence-electron chi connectivity index (χ0n) is 11.5. The normalized spacial score (nSPS) is 11.9. The first-order chi connectivity index (χ1) is 9.36. The molecule has 0 atom stereocenters. The molecule has 0 spiro atoms. The molecule has 10 heteroatoms. The van der Waals surface area contributed by atoms with Gasteiger partial charge in [-0.3, -0.25) is 4.68 Å². The summed E-state index contributed by atoms with van der Waals surface area (Å²) in [5, 5.41) is 11.5. The number of anilines is 1. The molecular weight excluding hydrogens is 282 g/mol. The first kappa shape index (κ1) is 14.5. The highest BCUT2D eigenvalue weighted by Gasteiger charge is 2.24. The molecule has 9 nitrogen and oxygen atoms in total. The maximum atomic E-state index is 12.3. The van der Waals surface area contributed by atoms with Gasteiger partial charge in [0.05, 0.1) is 12.2 Å². The lowest BCUT2D eigenvalue weighted by Gasteiger charge is -2.07. The lowest BCUT2D eigenvalue weighted by atomic mass is 10.5. The van der Waals surface area contributed by atoms with Gasteiger partial charge in [-0.05, 0) is 13.8 Å². The van der Waals surface area contributed by atoms with Gasteiger partial charge in [-0.1, -0.05) is 0 Å². The second-order valence-corrected chi connectivity index (χ2v) is 5.98. The number of rotatable bonds is 5. The summed E-state index contributed by atoms with van der Waals surface area (Å²) in [4.78, 5) is 0.00237. The summed E-state index contributed by atoms with van der Waals surface area (Å²) in [7, 11) is -2.10. The summed E-state index contributed by atoms with van der Waals surface area (Å²) >= 11 is 0. The summed E-state index contributed by atoms with van der Waals surface area (Å²) < 4.78 is 30.2. The van der Waals surface area contributed by atoms with Gasteiger partial charge >= 0.3 is 0 Å². The molecule has 0 fully saturated rings. The fourth-order valence-corrected chi connectivity index (χ4v) is 3.16. The predicted molar refractivity (Wildman–Crippen MR) is 72.1 cm³/mol. The van der Waals surface area contributed by atoms with Gasteiger partial charge in [0.25, 0.3) is 0 Å². The molecule has 0 amide bonds. The van der Waals surface area contributed by atoms with Gasteiger partial charge in [-0.2, -0.15) is 5.10 Å². The van der Waals surface area contributed by atoms with Crippen LogP contribution in [0, 0.1) is 6.92 Å². The maximum Gasteiger partial charge on any atom is 0.246 e. The Morgan fingerprint density at radius 3 is 2.70 bits per heavy atom. The summed E-state index contributed by atoms with van der Waals surface area (Å²) in [6.07, 6.45) is 1.55. The monoisotopic (exact) mass is 299 g/mol. The van der Waals surface area contributed by atoms with Gasteiger partial charge in [0.1, 0.15) is 17.0 Å². The molecule has 0 aliphatic rings. The lowest BCUT2D eigenvalue weighted by molar-refractivity contribution is 0.574. The first-order valence-corrected chi connectivity index (χ1v) is 7.50. The highest BCUT2D eigenvalue weighted by atomic mass is 32.2. The Labute approximate surface area is 116 Å². The van der Waals surface area contributed by atoms with Crippen molar-refractivity contribution >= 4 is 15.8 Å². The fourth-order valence-electron chi connectivity index (χ4n) is 1.86. The third-order valence-corrected chi connectivity index (χ3v) is 4.60. The summed E-state index contributed by atoms with van der Waals surface area (Å²) in [5.74, 6) is 0.519. The van der Waals surface area contributed by atoms with Gasteiger partial charge in [0.15, 0.2) is 5.82 Å². The molecule has 0 radical (unpaired) electrons. The van der Waals surface area contributed by atoms with Crippen molar-refractivity contribution < 1.29 is 8.42 Å². The second-order valence-electron chi connectivity index (χ2n) is 4.28. The molecule has 0 aliphatic carbocycles. The largest absolute Gasteiger partial charge is 0.381 e. The van der Waals surface area contributed by atoms with Crippen molar-refractivity contribution in [1.82, 2.24) is 29.3 Å². The average Bonchev–Trinajstić information content (AvgIpc) is 2.92. The third kappa shape index (κ3) is 2.51. The third-order valence-electron chi connectivity index (χ3n) is 3.03. The molecule has 0 saturated carbocycles. The van der Waals surface area contributed by atoms with Gasteiger partial charge in [0.2, 0.25) is 10.0 Å². The van der Waals surface area contributed by atoms with Crippen LogP contribution in [0.5, 0.6) is 0 Å². The first-order valence-electron chi connectivity index (χ1n) is 6.02. The van der Waals surface area contributed by atoms with Crippen LogP contribution in [-0.2, 0) is 30.2 Å². The van der Waals surface area contributed by atoms with Crippen molar-refractivity contribution in [2.24, 2.45) is 7.05 Å². The number of hydrogen-bond acceptors (Lipinski definition) is 6. The maximum absolute atomic E-state index is 12.3. The van der Waals surface area contributed by atoms with Crippen LogP contribution in [0.3, 0.4) is 0 Å². The van der Waals surface area contributed by atoms with E-state index in [0.717, 1.165) is 0 Å². The van der Waals surface area contributed by atoms with E-state index in [0.29, 0.717) is 18.1 Å². The van der Waals surface area contributed by atoms with Crippen LogP contribution in [0.15, 0.2) is 11.2 Å². The van der Waals surface area contributed by atoms with E-state index in [1.54, 1.807) is 24.9 Å². The molecule has 0 saturated heterocycles. The Morgan fingerprint density at radius 1 is 1.45 bits per heavy atom. The molecule has 0 unspecified atom stereocenters. The van der Waals surface area contributed by atoms with Crippen LogP contribution in [0.25, 0.3) is 0 Å². The standard InChI is InChI=1S/C10H17N7O2S/c1-4-17-6-12-14-8(17)5-13-20(18,19)9-7(2)16(3)15-10(9)11/h6,13H,4-5H2,1-3H3,(H2,11,15). The van der Waals surface area contributed by atoms with E-state index in [2.05, 4.69) is 20.0 Å². The van der Waals surface area contributed by atoms with Crippen LogP contribution in [0.2, 0.25) is 0 Å². The molecule has 3 N–H and O–H groups in total. The molecule has 2 rings (SSSR count). The number of nitrogen functional groups attached to an aromatic ring is 1.